The molecule has 0 saturated carbocycles. The summed E-state index contributed by atoms with van der Waals surface area (Å²) >= 11 is 5.98. The summed E-state index contributed by atoms with van der Waals surface area (Å²) in [5, 5.41) is 4.89. The van der Waals surface area contributed by atoms with Crippen LogP contribution in [0.15, 0.2) is 59.7 Å². The first-order valence-electron chi connectivity index (χ1n) is 7.34. The third kappa shape index (κ3) is 5.01. The fraction of sp³-hybridized carbons (Fsp3) is 0.222. The van der Waals surface area contributed by atoms with E-state index in [1.807, 2.05) is 61.5 Å². The molecule has 22 heavy (non-hydrogen) atoms. The molecule has 114 valence electrons. The molecular weight excluding hydrogens is 296 g/mol. The quantitative estimate of drug-likeness (QED) is 0.630. The highest BCUT2D eigenvalue weighted by Crippen LogP contribution is 2.12. The van der Waals surface area contributed by atoms with Crippen molar-refractivity contribution in [2.45, 2.75) is 26.2 Å². The number of benzene rings is 2. The summed E-state index contributed by atoms with van der Waals surface area (Å²) in [4.78, 5) is 11.9. The van der Waals surface area contributed by atoms with E-state index in [4.69, 9.17) is 11.6 Å². The van der Waals surface area contributed by atoms with Crippen molar-refractivity contribution in [3.8, 4) is 0 Å². The molecule has 0 unspecified atom stereocenters. The number of carbonyl (C=O) groups is 1. The Morgan fingerprint density at radius 2 is 1.91 bits per heavy atom. The number of halogens is 1. The summed E-state index contributed by atoms with van der Waals surface area (Å²) < 4.78 is 0. The average Bonchev–Trinajstić information content (AvgIpc) is 2.54. The highest BCUT2D eigenvalue weighted by Gasteiger charge is 2.05. The van der Waals surface area contributed by atoms with Crippen molar-refractivity contribution < 1.29 is 4.79 Å². The molecule has 0 aliphatic rings. The molecule has 1 N–H and O–H groups in total. The van der Waals surface area contributed by atoms with Gasteiger partial charge < -0.3 is 0 Å². The van der Waals surface area contributed by atoms with Gasteiger partial charge in [0.05, 0.1) is 5.71 Å². The van der Waals surface area contributed by atoms with E-state index in [1.165, 1.54) is 0 Å². The normalized spacial score (nSPS) is 11.3. The van der Waals surface area contributed by atoms with Gasteiger partial charge in [-0.25, -0.2) is 5.43 Å². The number of rotatable bonds is 6. The van der Waals surface area contributed by atoms with Crippen LogP contribution in [0.3, 0.4) is 0 Å². The van der Waals surface area contributed by atoms with Gasteiger partial charge in [-0.05, 0) is 36.1 Å². The smallest absolute Gasteiger partial charge is 0.240 e. The van der Waals surface area contributed by atoms with E-state index in [2.05, 4.69) is 10.5 Å². The number of nitrogens with one attached hydrogen (secondary N) is 1. The zero-order valence-electron chi connectivity index (χ0n) is 12.6. The molecule has 0 heterocycles. The van der Waals surface area contributed by atoms with E-state index >= 15 is 0 Å². The van der Waals surface area contributed by atoms with Crippen LogP contribution in [0.2, 0.25) is 5.02 Å². The first-order valence-corrected chi connectivity index (χ1v) is 7.72. The molecule has 0 aliphatic heterocycles. The molecule has 0 saturated heterocycles. The topological polar surface area (TPSA) is 41.5 Å². The molecule has 0 atom stereocenters. The Kier molecular flexibility index (Phi) is 6.16. The maximum atomic E-state index is 11.9. The molecule has 0 aromatic heterocycles. The SMILES string of the molecule is CCC(=NNC(=O)CCc1ccccc1)c1cccc(Cl)c1. The first kappa shape index (κ1) is 16.2. The number of hydrazone groups is 1. The van der Waals surface area contributed by atoms with E-state index < -0.39 is 0 Å². The van der Waals surface area contributed by atoms with Crippen molar-refractivity contribution in [2.75, 3.05) is 0 Å². The third-order valence-corrected chi connectivity index (χ3v) is 3.53. The third-order valence-electron chi connectivity index (χ3n) is 3.29. The minimum Gasteiger partial charge on any atom is -0.273 e. The van der Waals surface area contributed by atoms with Gasteiger partial charge in [0.25, 0.3) is 0 Å². The second-order valence-electron chi connectivity index (χ2n) is 4.94. The number of aryl methyl sites for hydroxylation is 1. The summed E-state index contributed by atoms with van der Waals surface area (Å²) in [6, 6.07) is 17.4. The fourth-order valence-electron chi connectivity index (χ4n) is 2.10. The van der Waals surface area contributed by atoms with Crippen LogP contribution in [0.4, 0.5) is 0 Å². The van der Waals surface area contributed by atoms with Gasteiger partial charge in [-0.15, -0.1) is 0 Å². The van der Waals surface area contributed by atoms with E-state index in [0.29, 0.717) is 17.9 Å². The lowest BCUT2D eigenvalue weighted by Crippen LogP contribution is -2.20. The number of amides is 1. The van der Waals surface area contributed by atoms with Gasteiger partial charge in [-0.2, -0.15) is 5.10 Å². The van der Waals surface area contributed by atoms with Crippen LogP contribution in [-0.4, -0.2) is 11.6 Å². The lowest BCUT2D eigenvalue weighted by Gasteiger charge is -2.06. The molecule has 0 fully saturated rings. The van der Waals surface area contributed by atoms with Gasteiger partial charge in [0, 0.05) is 11.4 Å². The predicted octanol–water partition coefficient (Wildman–Crippen LogP) is 4.20. The van der Waals surface area contributed by atoms with Crippen molar-refractivity contribution in [1.82, 2.24) is 5.43 Å². The molecule has 0 aliphatic carbocycles. The van der Waals surface area contributed by atoms with Gasteiger partial charge >= 0.3 is 0 Å². The second-order valence-corrected chi connectivity index (χ2v) is 5.38. The number of hydrogen-bond acceptors (Lipinski definition) is 2. The van der Waals surface area contributed by atoms with Crippen LogP contribution in [0.1, 0.15) is 30.9 Å². The summed E-state index contributed by atoms with van der Waals surface area (Å²) in [6.07, 6.45) is 1.85. The Hall–Kier alpha value is -2.13. The lowest BCUT2D eigenvalue weighted by molar-refractivity contribution is -0.121. The molecule has 1 amide bonds. The lowest BCUT2D eigenvalue weighted by atomic mass is 10.1. The van der Waals surface area contributed by atoms with Gasteiger partial charge in [0.2, 0.25) is 5.91 Å². The van der Waals surface area contributed by atoms with Crippen LogP contribution in [0, 0.1) is 0 Å². The average molecular weight is 315 g/mol. The van der Waals surface area contributed by atoms with E-state index in [1.54, 1.807) is 0 Å². The van der Waals surface area contributed by atoms with Crippen molar-refractivity contribution >= 4 is 23.2 Å². The summed E-state index contributed by atoms with van der Waals surface area (Å²) in [5.41, 5.74) is 5.52. The van der Waals surface area contributed by atoms with Crippen molar-refractivity contribution in [3.63, 3.8) is 0 Å². The number of carbonyl (C=O) groups excluding carboxylic acids is 1. The largest absolute Gasteiger partial charge is 0.273 e. The van der Waals surface area contributed by atoms with Crippen molar-refractivity contribution in [1.29, 1.82) is 0 Å². The van der Waals surface area contributed by atoms with Crippen LogP contribution in [0.25, 0.3) is 0 Å². The van der Waals surface area contributed by atoms with E-state index in [9.17, 15) is 4.79 Å². The van der Waals surface area contributed by atoms with Crippen molar-refractivity contribution in [2.24, 2.45) is 5.10 Å². The van der Waals surface area contributed by atoms with Crippen LogP contribution < -0.4 is 5.43 Å². The van der Waals surface area contributed by atoms with E-state index in [-0.39, 0.29) is 5.91 Å². The van der Waals surface area contributed by atoms with Crippen LogP contribution in [0.5, 0.6) is 0 Å². The van der Waals surface area contributed by atoms with Crippen LogP contribution >= 0.6 is 11.6 Å². The Morgan fingerprint density at radius 3 is 2.59 bits per heavy atom. The van der Waals surface area contributed by atoms with Gasteiger partial charge in [-0.1, -0.05) is 61.0 Å². The Labute approximate surface area is 136 Å². The molecular formula is C18H19ClN2O. The maximum absolute atomic E-state index is 11.9. The molecule has 2 rings (SSSR count). The van der Waals surface area contributed by atoms with Gasteiger partial charge in [-0.3, -0.25) is 4.79 Å². The summed E-state index contributed by atoms with van der Waals surface area (Å²) in [6.45, 7) is 2.00. The highest BCUT2D eigenvalue weighted by molar-refractivity contribution is 6.31. The zero-order valence-corrected chi connectivity index (χ0v) is 13.3. The van der Waals surface area contributed by atoms with Gasteiger partial charge in [0.1, 0.15) is 0 Å². The molecule has 0 radical (unpaired) electrons. The van der Waals surface area contributed by atoms with Gasteiger partial charge in [0.15, 0.2) is 0 Å². The fourth-order valence-corrected chi connectivity index (χ4v) is 2.29. The minimum atomic E-state index is -0.0863. The monoisotopic (exact) mass is 314 g/mol. The maximum Gasteiger partial charge on any atom is 0.240 e. The molecule has 4 heteroatoms. The van der Waals surface area contributed by atoms with Crippen molar-refractivity contribution in [3.05, 3.63) is 70.7 Å². The molecule has 0 bridgehead atoms. The number of hydrogen-bond donors (Lipinski definition) is 1. The van der Waals surface area contributed by atoms with E-state index in [0.717, 1.165) is 23.3 Å². The minimum absolute atomic E-state index is 0.0863. The molecule has 3 nitrogen and oxygen atoms in total. The Bertz CT molecular complexity index is 653. The first-order chi connectivity index (χ1) is 10.7. The highest BCUT2D eigenvalue weighted by atomic mass is 35.5. The standard InChI is InChI=1S/C18H19ClN2O/c1-2-17(15-9-6-10-16(19)13-15)20-21-18(22)12-11-14-7-4-3-5-8-14/h3-10,13H,2,11-12H2,1H3,(H,21,22). The molecule has 2 aromatic rings. The van der Waals surface area contributed by atoms with Crippen LogP contribution in [-0.2, 0) is 11.2 Å². The number of nitrogens with zero attached hydrogens (tertiary/aromatic N) is 1. The summed E-state index contributed by atoms with van der Waals surface area (Å²) in [5.74, 6) is -0.0863. The Balaban J connectivity index is 1.92. The predicted molar refractivity (Wildman–Crippen MR) is 91.2 cm³/mol. The summed E-state index contributed by atoms with van der Waals surface area (Å²) in [7, 11) is 0. The second kappa shape index (κ2) is 8.35. The molecule has 2 aromatic carbocycles. The zero-order chi connectivity index (χ0) is 15.8. The molecule has 0 spiro atoms. The Morgan fingerprint density at radius 1 is 1.14 bits per heavy atom.